The molecule has 0 aliphatic rings. The highest BCUT2D eigenvalue weighted by molar-refractivity contribution is 6.15. The Morgan fingerprint density at radius 2 is 0.758 bits per heavy atom. The fourth-order valence-corrected chi connectivity index (χ4v) is 8.43. The Balaban J connectivity index is 0.986. The van der Waals surface area contributed by atoms with E-state index in [1.165, 1.54) is 0 Å². The monoisotopic (exact) mass is 795 g/mol. The van der Waals surface area contributed by atoms with Gasteiger partial charge in [-0.2, -0.15) is 0 Å². The lowest BCUT2D eigenvalue weighted by molar-refractivity contribution is 0.667. The molecule has 62 heavy (non-hydrogen) atoms. The maximum atomic E-state index is 6.65. The predicted octanol–water partition coefficient (Wildman–Crippen LogP) is 14.1. The standard InChI is InChI=1S/C55H33N5O2/c1-5-16-34(17-6-1)49-51-50(57-52(56-49)35-18-7-2-8-19-35)48-42(27-15-29-45(48)62-51)39-25-13-24-38(32-39)41-26-14-28-44-47(41)43-31-30-40(33-46(43)61-44)55-59-53(36-20-9-3-10-21-36)58-54(60-55)37-22-11-4-12-23-37/h1-33H. The summed E-state index contributed by atoms with van der Waals surface area (Å²) >= 11 is 0. The van der Waals surface area contributed by atoms with E-state index < -0.39 is 0 Å². The highest BCUT2D eigenvalue weighted by Gasteiger charge is 2.22. The first-order valence-electron chi connectivity index (χ1n) is 20.5. The zero-order valence-electron chi connectivity index (χ0n) is 33.1. The van der Waals surface area contributed by atoms with Crippen LogP contribution in [0.1, 0.15) is 0 Å². The van der Waals surface area contributed by atoms with Gasteiger partial charge in [-0.05, 0) is 52.6 Å². The van der Waals surface area contributed by atoms with E-state index in [1.54, 1.807) is 0 Å². The SMILES string of the molecule is c1ccc(-c2nc(-c3ccccc3)nc(-c3ccc4c(c3)oc3cccc(-c5cccc(-c6cccc7oc8c(-c9ccccc9)nc(-c9ccccc9)nc8c67)c5)c34)n2)cc1. The lowest BCUT2D eigenvalue weighted by Gasteiger charge is -2.09. The molecule has 0 aliphatic heterocycles. The molecule has 0 fully saturated rings. The van der Waals surface area contributed by atoms with Crippen molar-refractivity contribution < 1.29 is 8.83 Å². The zero-order valence-corrected chi connectivity index (χ0v) is 33.1. The topological polar surface area (TPSA) is 90.7 Å². The van der Waals surface area contributed by atoms with Crippen molar-refractivity contribution in [3.05, 3.63) is 200 Å². The van der Waals surface area contributed by atoms with Crippen molar-refractivity contribution >= 4 is 44.0 Å². The van der Waals surface area contributed by atoms with Crippen LogP contribution in [-0.2, 0) is 0 Å². The van der Waals surface area contributed by atoms with Crippen molar-refractivity contribution in [1.29, 1.82) is 0 Å². The Bertz CT molecular complexity index is 3570. The van der Waals surface area contributed by atoms with E-state index in [2.05, 4.69) is 66.7 Å². The van der Waals surface area contributed by atoms with Crippen molar-refractivity contribution in [1.82, 2.24) is 24.9 Å². The first-order valence-corrected chi connectivity index (χ1v) is 20.5. The molecule has 4 aromatic heterocycles. The van der Waals surface area contributed by atoms with Crippen LogP contribution in [0.4, 0.5) is 0 Å². The number of aromatic nitrogens is 5. The third-order valence-electron chi connectivity index (χ3n) is 11.4. The summed E-state index contributed by atoms with van der Waals surface area (Å²) in [5, 5.41) is 2.99. The molecular formula is C55H33N5O2. The molecule has 0 amide bonds. The minimum absolute atomic E-state index is 0.575. The van der Waals surface area contributed by atoms with E-state index in [4.69, 9.17) is 33.8 Å². The van der Waals surface area contributed by atoms with Gasteiger partial charge in [0.05, 0.1) is 5.39 Å². The maximum Gasteiger partial charge on any atom is 0.180 e. The molecule has 7 nitrogen and oxygen atoms in total. The fraction of sp³-hybridized carbons (Fsp3) is 0. The quantitative estimate of drug-likeness (QED) is 0.159. The molecule has 290 valence electrons. The van der Waals surface area contributed by atoms with Crippen molar-refractivity contribution in [3.8, 4) is 79.1 Å². The summed E-state index contributed by atoms with van der Waals surface area (Å²) in [6.45, 7) is 0. The lowest BCUT2D eigenvalue weighted by atomic mass is 9.94. The van der Waals surface area contributed by atoms with Crippen LogP contribution in [0.25, 0.3) is 123 Å². The molecule has 0 saturated carbocycles. The molecule has 4 heterocycles. The van der Waals surface area contributed by atoms with Crippen molar-refractivity contribution in [2.45, 2.75) is 0 Å². The van der Waals surface area contributed by atoms with Gasteiger partial charge in [-0.15, -0.1) is 0 Å². The number of nitrogens with zero attached hydrogens (tertiary/aromatic N) is 5. The summed E-state index contributed by atoms with van der Waals surface area (Å²) in [7, 11) is 0. The molecule has 8 aromatic carbocycles. The van der Waals surface area contributed by atoms with Crippen LogP contribution >= 0.6 is 0 Å². The number of hydrogen-bond acceptors (Lipinski definition) is 7. The molecule has 12 aromatic rings. The number of fused-ring (bicyclic) bond motifs is 6. The smallest absolute Gasteiger partial charge is 0.180 e. The third-order valence-corrected chi connectivity index (χ3v) is 11.4. The highest BCUT2D eigenvalue weighted by Crippen LogP contribution is 2.43. The van der Waals surface area contributed by atoms with E-state index >= 15 is 0 Å². The fourth-order valence-electron chi connectivity index (χ4n) is 8.43. The van der Waals surface area contributed by atoms with Gasteiger partial charge in [-0.1, -0.05) is 170 Å². The molecule has 7 heteroatoms. The second-order valence-corrected chi connectivity index (χ2v) is 15.2. The molecule has 0 spiro atoms. The lowest BCUT2D eigenvalue weighted by Crippen LogP contribution is -2.00. The van der Waals surface area contributed by atoms with Crippen LogP contribution in [0.2, 0.25) is 0 Å². The van der Waals surface area contributed by atoms with Gasteiger partial charge in [-0.3, -0.25) is 0 Å². The average Bonchev–Trinajstić information content (AvgIpc) is 3.93. The second kappa shape index (κ2) is 14.6. The van der Waals surface area contributed by atoms with Gasteiger partial charge < -0.3 is 8.83 Å². The van der Waals surface area contributed by atoms with Crippen LogP contribution in [0.15, 0.2) is 209 Å². The third kappa shape index (κ3) is 6.11. The Morgan fingerprint density at radius 1 is 0.290 bits per heavy atom. The van der Waals surface area contributed by atoms with E-state index in [0.717, 1.165) is 94.2 Å². The highest BCUT2D eigenvalue weighted by atomic mass is 16.3. The van der Waals surface area contributed by atoms with E-state index in [1.807, 2.05) is 133 Å². The second-order valence-electron chi connectivity index (χ2n) is 15.2. The maximum absolute atomic E-state index is 6.65. The number of benzene rings is 8. The molecule has 0 saturated heterocycles. The van der Waals surface area contributed by atoms with E-state index in [9.17, 15) is 0 Å². The molecule has 0 N–H and O–H groups in total. The van der Waals surface area contributed by atoms with Crippen LogP contribution in [-0.4, -0.2) is 24.9 Å². The van der Waals surface area contributed by atoms with E-state index in [-0.39, 0.29) is 0 Å². The Labute approximate surface area is 355 Å². The van der Waals surface area contributed by atoms with Crippen LogP contribution in [0.5, 0.6) is 0 Å². The van der Waals surface area contributed by atoms with Gasteiger partial charge in [0.2, 0.25) is 0 Å². The molecular weight excluding hydrogens is 763 g/mol. The van der Waals surface area contributed by atoms with Gasteiger partial charge in [-0.25, -0.2) is 24.9 Å². The largest absolute Gasteiger partial charge is 0.456 e. The first-order chi connectivity index (χ1) is 30.7. The van der Waals surface area contributed by atoms with Gasteiger partial charge in [0.15, 0.2) is 28.9 Å². The number of hydrogen-bond donors (Lipinski definition) is 0. The Kier molecular flexibility index (Phi) is 8.35. The molecule has 0 atom stereocenters. The molecule has 0 radical (unpaired) electrons. The predicted molar refractivity (Wildman–Crippen MR) is 248 cm³/mol. The summed E-state index contributed by atoms with van der Waals surface area (Å²) in [6, 6.07) is 67.6. The Hall–Kier alpha value is -8.55. The molecule has 12 rings (SSSR count). The summed E-state index contributed by atoms with van der Waals surface area (Å²) in [5.41, 5.74) is 13.3. The number of furan rings is 2. The van der Waals surface area contributed by atoms with Gasteiger partial charge >= 0.3 is 0 Å². The van der Waals surface area contributed by atoms with Crippen molar-refractivity contribution in [3.63, 3.8) is 0 Å². The molecule has 0 aliphatic carbocycles. The summed E-state index contributed by atoms with van der Waals surface area (Å²) < 4.78 is 13.3. The molecule has 0 unspecified atom stereocenters. The number of rotatable bonds is 7. The minimum Gasteiger partial charge on any atom is -0.456 e. The van der Waals surface area contributed by atoms with Gasteiger partial charge in [0.25, 0.3) is 0 Å². The average molecular weight is 796 g/mol. The van der Waals surface area contributed by atoms with Crippen LogP contribution in [0.3, 0.4) is 0 Å². The van der Waals surface area contributed by atoms with E-state index in [0.29, 0.717) is 28.9 Å². The Morgan fingerprint density at radius 3 is 1.34 bits per heavy atom. The summed E-state index contributed by atoms with van der Waals surface area (Å²) in [5.74, 6) is 2.45. The normalized spacial score (nSPS) is 11.5. The van der Waals surface area contributed by atoms with Crippen LogP contribution < -0.4 is 0 Å². The van der Waals surface area contributed by atoms with Crippen LogP contribution in [0, 0.1) is 0 Å². The summed E-state index contributed by atoms with van der Waals surface area (Å²) in [4.78, 5) is 25.1. The van der Waals surface area contributed by atoms with Gasteiger partial charge in [0, 0.05) is 38.6 Å². The molecule has 0 bridgehead atoms. The van der Waals surface area contributed by atoms with Crippen molar-refractivity contribution in [2.75, 3.05) is 0 Å². The minimum atomic E-state index is 0.575. The van der Waals surface area contributed by atoms with Gasteiger partial charge in [0.1, 0.15) is 28.0 Å². The zero-order chi connectivity index (χ0) is 41.0. The summed E-state index contributed by atoms with van der Waals surface area (Å²) in [6.07, 6.45) is 0. The first kappa shape index (κ1) is 35.4. The van der Waals surface area contributed by atoms with Crippen molar-refractivity contribution in [2.24, 2.45) is 0 Å².